The zero-order valence-electron chi connectivity index (χ0n) is 19.1. The molecule has 0 radical (unpaired) electrons. The standard InChI is InChI=1S/C17H25NO5.C6H13N/c1-12(22-11-13-9-7-6-8-10-13)14(15(19)20)18(5)16(21)23-17(2,3)4;7-6-4-2-1-3-5-6/h6-10,12,14H,11H2,1-5H3,(H,19,20);6H,1-5,7H2. The summed E-state index contributed by atoms with van der Waals surface area (Å²) in [5.41, 5.74) is 4.20. The largest absolute Gasteiger partial charge is 0.548 e. The number of hydrogen-bond acceptors (Lipinski definition) is 5. The van der Waals surface area contributed by atoms with E-state index in [0.717, 1.165) is 16.5 Å². The number of benzene rings is 1. The number of carboxylic acid groups (broad SMARTS) is 1. The Bertz CT molecular complexity index is 639. The molecule has 1 aromatic carbocycles. The molecule has 2 atom stereocenters. The molecule has 170 valence electrons. The molecule has 1 amide bonds. The smallest absolute Gasteiger partial charge is 0.410 e. The molecule has 3 N–H and O–H groups in total. The third-order valence-electron chi connectivity index (χ3n) is 4.87. The van der Waals surface area contributed by atoms with Crippen LogP contribution in [0.4, 0.5) is 4.79 Å². The molecule has 30 heavy (non-hydrogen) atoms. The molecule has 1 aromatic rings. The molecular formula is C23H38N2O5. The summed E-state index contributed by atoms with van der Waals surface area (Å²) in [7, 11) is 1.36. The maximum Gasteiger partial charge on any atom is 0.410 e. The van der Waals surface area contributed by atoms with Crippen LogP contribution in [0.5, 0.6) is 0 Å². The average Bonchev–Trinajstić information content (AvgIpc) is 2.67. The number of likely N-dealkylation sites (N-methyl/N-ethyl adjacent to an activating group) is 1. The Kier molecular flexibility index (Phi) is 10.8. The van der Waals surface area contributed by atoms with Crippen molar-refractivity contribution in [3.8, 4) is 0 Å². The van der Waals surface area contributed by atoms with Gasteiger partial charge in [-0.05, 0) is 58.9 Å². The highest BCUT2D eigenvalue weighted by Gasteiger charge is 2.30. The van der Waals surface area contributed by atoms with Gasteiger partial charge in [-0.2, -0.15) is 0 Å². The normalized spacial score (nSPS) is 16.6. The maximum absolute atomic E-state index is 12.0. The number of quaternary nitrogens is 1. The number of carboxylic acids is 1. The van der Waals surface area contributed by atoms with Crippen molar-refractivity contribution in [2.75, 3.05) is 7.05 Å². The van der Waals surface area contributed by atoms with Crippen molar-refractivity contribution < 1.29 is 29.9 Å². The zero-order chi connectivity index (χ0) is 22.7. The van der Waals surface area contributed by atoms with Gasteiger partial charge in [-0.25, -0.2) is 4.79 Å². The first-order chi connectivity index (χ1) is 14.0. The molecule has 0 aliphatic heterocycles. The van der Waals surface area contributed by atoms with Gasteiger partial charge in [-0.1, -0.05) is 36.8 Å². The highest BCUT2D eigenvalue weighted by atomic mass is 16.6. The molecule has 1 saturated carbocycles. The first kappa shape index (κ1) is 25.9. The topological polar surface area (TPSA) is 107 Å². The van der Waals surface area contributed by atoms with Crippen LogP contribution in [0.15, 0.2) is 30.3 Å². The zero-order valence-corrected chi connectivity index (χ0v) is 19.1. The van der Waals surface area contributed by atoms with E-state index in [0.29, 0.717) is 0 Å². The molecule has 2 rings (SSSR count). The molecule has 0 heterocycles. The van der Waals surface area contributed by atoms with Gasteiger partial charge in [-0.15, -0.1) is 0 Å². The molecule has 1 aliphatic carbocycles. The highest BCUT2D eigenvalue weighted by molar-refractivity contribution is 5.79. The minimum Gasteiger partial charge on any atom is -0.548 e. The monoisotopic (exact) mass is 422 g/mol. The van der Waals surface area contributed by atoms with Crippen molar-refractivity contribution in [3.63, 3.8) is 0 Å². The lowest BCUT2D eigenvalue weighted by Crippen LogP contribution is -2.61. The van der Waals surface area contributed by atoms with Crippen LogP contribution in [0.25, 0.3) is 0 Å². The second-order valence-electron chi connectivity index (χ2n) is 8.86. The predicted octanol–water partition coefficient (Wildman–Crippen LogP) is 2.14. The van der Waals surface area contributed by atoms with E-state index in [4.69, 9.17) is 9.47 Å². The van der Waals surface area contributed by atoms with Crippen molar-refractivity contribution in [2.24, 2.45) is 0 Å². The van der Waals surface area contributed by atoms with Crippen LogP contribution in [0.2, 0.25) is 0 Å². The van der Waals surface area contributed by atoms with Crippen LogP contribution >= 0.6 is 0 Å². The van der Waals surface area contributed by atoms with Gasteiger partial charge in [0.2, 0.25) is 0 Å². The fraction of sp³-hybridized carbons (Fsp3) is 0.652. The number of aliphatic carboxylic acids is 1. The van der Waals surface area contributed by atoms with Crippen LogP contribution in [0.1, 0.15) is 65.4 Å². The van der Waals surface area contributed by atoms with Gasteiger partial charge >= 0.3 is 6.09 Å². The Morgan fingerprint density at radius 3 is 2.17 bits per heavy atom. The summed E-state index contributed by atoms with van der Waals surface area (Å²) in [4.78, 5) is 24.5. The van der Waals surface area contributed by atoms with E-state index in [1.165, 1.54) is 39.2 Å². The van der Waals surface area contributed by atoms with Crippen LogP contribution < -0.4 is 10.8 Å². The fourth-order valence-corrected chi connectivity index (χ4v) is 3.19. The maximum atomic E-state index is 12.0. The van der Waals surface area contributed by atoms with E-state index in [-0.39, 0.29) is 6.61 Å². The summed E-state index contributed by atoms with van der Waals surface area (Å²) in [6.07, 6.45) is 5.56. The van der Waals surface area contributed by atoms with Crippen LogP contribution in [-0.4, -0.2) is 47.8 Å². The molecule has 7 nitrogen and oxygen atoms in total. The van der Waals surface area contributed by atoms with Gasteiger partial charge < -0.3 is 30.0 Å². The molecule has 1 aliphatic rings. The second-order valence-corrected chi connectivity index (χ2v) is 8.86. The Hall–Kier alpha value is -2.12. The number of hydrogen-bond donors (Lipinski definition) is 1. The first-order valence-electron chi connectivity index (χ1n) is 10.7. The summed E-state index contributed by atoms with van der Waals surface area (Å²) in [6.45, 7) is 6.96. The number of amides is 1. The Balaban J connectivity index is 0.000000539. The predicted molar refractivity (Wildman–Crippen MR) is 113 cm³/mol. The van der Waals surface area contributed by atoms with Crippen LogP contribution in [0.3, 0.4) is 0 Å². The molecular weight excluding hydrogens is 384 g/mol. The molecule has 2 unspecified atom stereocenters. The van der Waals surface area contributed by atoms with Crippen molar-refractivity contribution in [1.29, 1.82) is 0 Å². The van der Waals surface area contributed by atoms with E-state index < -0.39 is 29.8 Å². The molecule has 1 fully saturated rings. The first-order valence-corrected chi connectivity index (χ1v) is 10.7. The highest BCUT2D eigenvalue weighted by Crippen LogP contribution is 2.15. The Morgan fingerprint density at radius 1 is 1.17 bits per heavy atom. The van der Waals surface area contributed by atoms with Gasteiger partial charge in [0.05, 0.1) is 24.7 Å². The van der Waals surface area contributed by atoms with Crippen molar-refractivity contribution in [1.82, 2.24) is 4.90 Å². The summed E-state index contributed by atoms with van der Waals surface area (Å²) < 4.78 is 10.8. The van der Waals surface area contributed by atoms with E-state index in [1.807, 2.05) is 30.3 Å². The van der Waals surface area contributed by atoms with E-state index in [1.54, 1.807) is 27.7 Å². The van der Waals surface area contributed by atoms with Crippen LogP contribution in [-0.2, 0) is 20.9 Å². The lowest BCUT2D eigenvalue weighted by Gasteiger charge is -2.34. The second kappa shape index (κ2) is 12.5. The fourth-order valence-electron chi connectivity index (χ4n) is 3.19. The summed E-state index contributed by atoms with van der Waals surface area (Å²) in [6, 6.07) is 8.91. The van der Waals surface area contributed by atoms with Crippen molar-refractivity contribution in [2.45, 2.75) is 90.2 Å². The average molecular weight is 423 g/mol. The Labute approximate surface area is 180 Å². The molecule has 0 spiro atoms. The molecule has 0 bridgehead atoms. The number of carbonyl (C=O) groups excluding carboxylic acids is 2. The lowest BCUT2D eigenvalue weighted by atomic mass is 9.97. The van der Waals surface area contributed by atoms with Crippen molar-refractivity contribution >= 4 is 12.1 Å². The van der Waals surface area contributed by atoms with Crippen molar-refractivity contribution in [3.05, 3.63) is 35.9 Å². The molecule has 0 saturated heterocycles. The number of nitrogens with zero attached hydrogens (tertiary/aromatic N) is 1. The quantitative estimate of drug-likeness (QED) is 0.756. The number of rotatable bonds is 6. The molecule has 0 aromatic heterocycles. The third-order valence-corrected chi connectivity index (χ3v) is 4.87. The van der Waals surface area contributed by atoms with Gasteiger partial charge in [0.25, 0.3) is 0 Å². The SMILES string of the molecule is CC(OCc1ccccc1)C(C(=O)[O-])N(C)C(=O)OC(C)(C)C.[NH3+]C1CCCCC1. The Morgan fingerprint density at radius 2 is 1.73 bits per heavy atom. The number of ether oxygens (including phenoxy) is 2. The summed E-state index contributed by atoms with van der Waals surface area (Å²) in [5, 5.41) is 11.4. The third kappa shape index (κ3) is 10.1. The van der Waals surface area contributed by atoms with E-state index in [2.05, 4.69) is 5.73 Å². The van der Waals surface area contributed by atoms with Gasteiger partial charge in [0, 0.05) is 7.05 Å². The summed E-state index contributed by atoms with van der Waals surface area (Å²) in [5.74, 6) is -1.39. The lowest BCUT2D eigenvalue weighted by molar-refractivity contribution is -0.425. The van der Waals surface area contributed by atoms with Gasteiger partial charge in [-0.3, -0.25) is 0 Å². The molecule has 7 heteroatoms. The van der Waals surface area contributed by atoms with Gasteiger partial charge in [0.15, 0.2) is 0 Å². The minimum absolute atomic E-state index is 0.244. The minimum atomic E-state index is -1.39. The van der Waals surface area contributed by atoms with E-state index >= 15 is 0 Å². The number of carbonyl (C=O) groups is 2. The van der Waals surface area contributed by atoms with Gasteiger partial charge in [0.1, 0.15) is 11.6 Å². The van der Waals surface area contributed by atoms with E-state index in [9.17, 15) is 14.7 Å². The summed E-state index contributed by atoms with van der Waals surface area (Å²) >= 11 is 0. The van der Waals surface area contributed by atoms with Crippen LogP contribution in [0, 0.1) is 0 Å².